The zero-order chi connectivity index (χ0) is 79.7. The lowest BCUT2D eigenvalue weighted by Gasteiger charge is -2.25. The SMILES string of the molecule is COc1c(Br)cccc1C=O.COc1ccc(CN(Cc2cccc(Br)c2C)C(=O)c2cc(C3CC3)nn2C)c(OC)c1.COc1ccc(CN)c(OC)c1.COc1ccc(CNCc2cccc(Br)c2OC)c(OC)c1.Cc1c(Br)cccc1CNC(=O)c1cc(C2CC2)nn1C.Cn1nc(C2CC2)cc1C(=O)O. The standard InChI is InChI=1S/C25H28BrN3O3.C17H20BrNO3.C16H18BrN3O.C9H13NO2.C8H7BrO2.C8H10N2O2/c1-16-18(6-5-7-21(16)26)14-29(15-19-10-11-20(31-3)12-24(19)32-4)25(30)23-13-22(17-8-9-17)27-28(23)2;1-20-14-8-7-12(16(9-14)21-2)10-19-11-13-5-4-6-15(18)17(13)22-3;1-10-12(4-3-5-13(10)17)9-18-16(21)15-8-14(11-6-7-11)19-20(15)2;1-11-8-4-3-7(6-10)9(5-8)12-2;1-11-8-6(5-10)3-2-4-7(8)9;1-10-7(8(11)12)4-6(9-10)5-2-3-5/h5-7,10-13,17H,8-9,14-15H2,1-4H3;4-9,19H,10-11H2,1-3H3;3-5,8,11H,6-7,9H2,1-2H3,(H,18,21);3-5H,6,10H2,1-2H3;2-5H,1H3;4-5H,2-3H2,1H3,(H,11,12). The Bertz CT molecular complexity index is 4760. The summed E-state index contributed by atoms with van der Waals surface area (Å²) in [6.45, 7) is 7.39. The van der Waals surface area contributed by atoms with Crippen molar-refractivity contribution >= 4 is 87.8 Å². The van der Waals surface area contributed by atoms with Gasteiger partial charge in [-0.15, -0.1) is 0 Å². The lowest BCUT2D eigenvalue weighted by atomic mass is 10.1. The van der Waals surface area contributed by atoms with Gasteiger partial charge in [-0.2, -0.15) is 15.3 Å². The van der Waals surface area contributed by atoms with E-state index in [0.29, 0.717) is 91.2 Å². The van der Waals surface area contributed by atoms with Crippen LogP contribution < -0.4 is 54.3 Å². The number of hydrogen-bond donors (Lipinski definition) is 4. The minimum atomic E-state index is -0.906. The van der Waals surface area contributed by atoms with E-state index in [1.165, 1.54) is 24.6 Å². The zero-order valence-electron chi connectivity index (χ0n) is 64.2. The summed E-state index contributed by atoms with van der Waals surface area (Å²) in [4.78, 5) is 49.0. The number of methoxy groups -OCH3 is 8. The molecule has 0 bridgehead atoms. The van der Waals surface area contributed by atoms with Crippen molar-refractivity contribution < 1.29 is 62.2 Å². The van der Waals surface area contributed by atoms with Gasteiger partial charge >= 0.3 is 5.97 Å². The van der Waals surface area contributed by atoms with Gasteiger partial charge in [-0.25, -0.2) is 4.79 Å². The first-order valence-electron chi connectivity index (χ1n) is 35.5. The van der Waals surface area contributed by atoms with Crippen LogP contribution in [0.2, 0.25) is 0 Å². The second-order valence-electron chi connectivity index (χ2n) is 26.0. The van der Waals surface area contributed by atoms with E-state index in [9.17, 15) is 19.2 Å². The maximum Gasteiger partial charge on any atom is 0.354 e. The molecule has 7 aromatic carbocycles. The highest BCUT2D eigenvalue weighted by molar-refractivity contribution is 9.11. The highest BCUT2D eigenvalue weighted by Crippen LogP contribution is 2.42. The van der Waals surface area contributed by atoms with Gasteiger partial charge in [0.05, 0.1) is 95.0 Å². The van der Waals surface area contributed by atoms with Gasteiger partial charge in [-0.1, -0.05) is 86.5 Å². The summed E-state index contributed by atoms with van der Waals surface area (Å²) in [5, 5.41) is 28.3. The summed E-state index contributed by atoms with van der Waals surface area (Å²) < 4.78 is 50.8. The van der Waals surface area contributed by atoms with E-state index in [0.717, 1.165) is 140 Å². The Morgan fingerprint density at radius 3 is 1.34 bits per heavy atom. The Kier molecular flexibility index (Phi) is 32.9. The predicted molar refractivity (Wildman–Crippen MR) is 439 cm³/mol. The number of aromatic nitrogens is 6. The van der Waals surface area contributed by atoms with E-state index in [2.05, 4.69) is 103 Å². The summed E-state index contributed by atoms with van der Waals surface area (Å²) in [5.74, 6) is 6.54. The van der Waals surface area contributed by atoms with E-state index in [1.807, 2.05) is 147 Å². The summed E-state index contributed by atoms with van der Waals surface area (Å²) >= 11 is 13.9. The molecule has 5 N–H and O–H groups in total. The fraction of sp³-hybridized carbons (Fsp3) is 0.337. The van der Waals surface area contributed by atoms with Crippen LogP contribution in [-0.4, -0.2) is 120 Å². The number of amides is 2. The molecule has 0 saturated heterocycles. The number of nitrogens with one attached hydrogen (secondary N) is 2. The van der Waals surface area contributed by atoms with Gasteiger partial charge in [-0.05, 0) is 179 Å². The molecular weight excluding hydrogens is 1660 g/mol. The molecule has 0 unspecified atom stereocenters. The van der Waals surface area contributed by atoms with Crippen LogP contribution in [0, 0.1) is 13.8 Å². The number of carboxylic acids is 1. The lowest BCUT2D eigenvalue weighted by Crippen LogP contribution is -2.32. The molecule has 3 saturated carbocycles. The number of aldehydes is 1. The molecule has 0 spiro atoms. The fourth-order valence-electron chi connectivity index (χ4n) is 11.6. The predicted octanol–water partition coefficient (Wildman–Crippen LogP) is 16.7. The molecule has 584 valence electrons. The number of aryl methyl sites for hydroxylation is 3. The molecule has 2 amide bonds. The number of nitrogens with zero attached hydrogens (tertiary/aromatic N) is 7. The minimum Gasteiger partial charge on any atom is -0.497 e. The zero-order valence-corrected chi connectivity index (χ0v) is 70.6. The number of aromatic carboxylic acids is 1. The minimum absolute atomic E-state index is 0.0517. The molecule has 110 heavy (non-hydrogen) atoms. The molecule has 3 fully saturated rings. The number of nitrogens with two attached hydrogens (primary N) is 1. The lowest BCUT2D eigenvalue weighted by molar-refractivity contribution is 0.0682. The van der Waals surface area contributed by atoms with Crippen LogP contribution in [0.4, 0.5) is 0 Å². The van der Waals surface area contributed by atoms with Crippen molar-refractivity contribution in [1.29, 1.82) is 0 Å². The van der Waals surface area contributed by atoms with Crippen LogP contribution in [0.3, 0.4) is 0 Å². The topological polar surface area (TPSA) is 269 Å². The second kappa shape index (κ2) is 42.1. The normalized spacial score (nSPS) is 12.4. The number of halogens is 4. The molecule has 0 aliphatic heterocycles. The average Bonchev–Trinajstić information content (AvgIpc) is 1.70. The van der Waals surface area contributed by atoms with Gasteiger partial charge in [0.15, 0.2) is 6.29 Å². The molecule has 13 rings (SSSR count). The van der Waals surface area contributed by atoms with Crippen molar-refractivity contribution in [3.05, 3.63) is 248 Å². The molecule has 3 aromatic heterocycles. The van der Waals surface area contributed by atoms with Gasteiger partial charge < -0.3 is 64.3 Å². The first-order chi connectivity index (χ1) is 52.9. The van der Waals surface area contributed by atoms with Crippen molar-refractivity contribution in [2.75, 3.05) is 56.9 Å². The summed E-state index contributed by atoms with van der Waals surface area (Å²) in [6, 6.07) is 46.0. The van der Waals surface area contributed by atoms with Crippen molar-refractivity contribution in [2.24, 2.45) is 26.9 Å². The van der Waals surface area contributed by atoms with E-state index in [4.69, 9.17) is 48.7 Å². The summed E-state index contributed by atoms with van der Waals surface area (Å²) in [7, 11) is 18.3. The number of ether oxygens (including phenoxy) is 8. The van der Waals surface area contributed by atoms with Crippen LogP contribution in [0.25, 0.3) is 0 Å². The molecule has 3 aliphatic carbocycles. The average molecular weight is 1760 g/mol. The third kappa shape index (κ3) is 24.0. The monoisotopic (exact) mass is 1760 g/mol. The Labute approximate surface area is 676 Å². The van der Waals surface area contributed by atoms with Gasteiger partial charge in [0.25, 0.3) is 11.8 Å². The number of carboxylic acid groups (broad SMARTS) is 1. The molecule has 3 aliphatic rings. The van der Waals surface area contributed by atoms with E-state index < -0.39 is 5.97 Å². The van der Waals surface area contributed by atoms with Crippen LogP contribution in [-0.2, 0) is 60.4 Å². The van der Waals surface area contributed by atoms with Crippen LogP contribution >= 0.6 is 63.7 Å². The first kappa shape index (κ1) is 86.1. The van der Waals surface area contributed by atoms with Gasteiger partial charge in [0, 0.05) is 121 Å². The van der Waals surface area contributed by atoms with Crippen LogP contribution in [0.15, 0.2) is 163 Å². The van der Waals surface area contributed by atoms with Crippen molar-refractivity contribution in [2.45, 2.75) is 109 Å². The summed E-state index contributed by atoms with van der Waals surface area (Å²) in [5.41, 5.74) is 19.1. The van der Waals surface area contributed by atoms with Crippen LogP contribution in [0.5, 0.6) is 46.0 Å². The number of hydrogen-bond acceptors (Lipinski definition) is 17. The smallest absolute Gasteiger partial charge is 0.354 e. The second-order valence-corrected chi connectivity index (χ2v) is 29.4. The third-order valence-electron chi connectivity index (χ3n) is 18.5. The van der Waals surface area contributed by atoms with Crippen LogP contribution in [0.1, 0.15) is 160 Å². The Morgan fingerprint density at radius 1 is 0.473 bits per heavy atom. The van der Waals surface area contributed by atoms with Crippen molar-refractivity contribution in [3.63, 3.8) is 0 Å². The summed E-state index contributed by atoms with van der Waals surface area (Å²) in [6.07, 6.45) is 7.74. The maximum absolute atomic E-state index is 13.7. The highest BCUT2D eigenvalue weighted by atomic mass is 79.9. The van der Waals surface area contributed by atoms with Gasteiger partial charge in [-0.3, -0.25) is 28.4 Å². The largest absolute Gasteiger partial charge is 0.497 e. The third-order valence-corrected chi connectivity index (χ3v) is 21.4. The van der Waals surface area contributed by atoms with Gasteiger partial charge in [0.2, 0.25) is 0 Å². The molecule has 3 heterocycles. The quantitative estimate of drug-likeness (QED) is 0.0367. The van der Waals surface area contributed by atoms with Crippen molar-refractivity contribution in [3.8, 4) is 46.0 Å². The Balaban J connectivity index is 0.000000174. The first-order valence-corrected chi connectivity index (χ1v) is 38.7. The highest BCUT2D eigenvalue weighted by Gasteiger charge is 2.32. The van der Waals surface area contributed by atoms with Crippen molar-refractivity contribution in [1.82, 2.24) is 44.9 Å². The number of carbonyl (C=O) groups is 4. The molecule has 0 radical (unpaired) electrons. The molecule has 23 nitrogen and oxygen atoms in total. The number of carbonyl (C=O) groups excluding carboxylic acids is 3. The Hall–Kier alpha value is -9.51. The van der Waals surface area contributed by atoms with Gasteiger partial charge in [0.1, 0.15) is 63.1 Å². The van der Waals surface area contributed by atoms with E-state index >= 15 is 0 Å². The molecule has 27 heteroatoms. The number of benzene rings is 7. The number of rotatable bonds is 26. The van der Waals surface area contributed by atoms with E-state index in [-0.39, 0.29) is 17.5 Å². The molecule has 10 aromatic rings. The van der Waals surface area contributed by atoms with E-state index in [1.54, 1.807) is 84.4 Å². The maximum atomic E-state index is 13.7. The Morgan fingerprint density at radius 2 is 0.873 bits per heavy atom. The molecule has 0 atom stereocenters. The number of para-hydroxylation sites is 2. The fourth-order valence-corrected chi connectivity index (χ4v) is 13.5. The molecular formula is C83H96Br4N10O13.